The number of hydrogen-bond donors (Lipinski definition) is 0. The van der Waals surface area contributed by atoms with Gasteiger partial charge in [0.15, 0.2) is 0 Å². The molecule has 2 aliphatic heterocycles. The van der Waals surface area contributed by atoms with Crippen LogP contribution in [0.5, 0.6) is 0 Å². The van der Waals surface area contributed by atoms with Crippen LogP contribution in [0, 0.1) is 0 Å². The first-order valence-corrected chi connectivity index (χ1v) is 3.81. The molecule has 1 atom stereocenters. The summed E-state index contributed by atoms with van der Waals surface area (Å²) < 4.78 is 0. The van der Waals surface area contributed by atoms with Gasteiger partial charge in [-0.1, -0.05) is 17.4 Å². The Bertz CT molecular complexity index is 254. The molecule has 3 heteroatoms. The maximum absolute atomic E-state index is 4.14. The monoisotopic (exact) mass is 149 g/mol. The summed E-state index contributed by atoms with van der Waals surface area (Å²) in [7, 11) is 0. The predicted molar refractivity (Wildman–Crippen MR) is 42.9 cm³/mol. The molecule has 0 radical (unpaired) electrons. The lowest BCUT2D eigenvalue weighted by atomic mass is 10.0. The Balaban J connectivity index is 2.39. The van der Waals surface area contributed by atoms with Crippen LogP contribution < -0.4 is 0 Å². The van der Waals surface area contributed by atoms with Gasteiger partial charge in [0.2, 0.25) is 0 Å². The second kappa shape index (κ2) is 1.94. The zero-order chi connectivity index (χ0) is 7.90. The molecule has 0 saturated carbocycles. The van der Waals surface area contributed by atoms with Crippen molar-refractivity contribution in [2.45, 2.75) is 18.9 Å². The molecule has 11 heavy (non-hydrogen) atoms. The van der Waals surface area contributed by atoms with Crippen molar-refractivity contribution >= 4 is 0 Å². The fourth-order valence-corrected chi connectivity index (χ4v) is 1.45. The summed E-state index contributed by atoms with van der Waals surface area (Å²) in [5.41, 5.74) is 0.934. The molecule has 3 nitrogen and oxygen atoms in total. The summed E-state index contributed by atoms with van der Waals surface area (Å²) in [6.45, 7) is 6.76. The van der Waals surface area contributed by atoms with Crippen LogP contribution >= 0.6 is 0 Å². The molecule has 0 aromatic carbocycles. The van der Waals surface area contributed by atoms with E-state index in [4.69, 9.17) is 0 Å². The second-order valence-electron chi connectivity index (χ2n) is 3.04. The highest BCUT2D eigenvalue weighted by atomic mass is 15.6. The molecule has 0 aromatic heterocycles. The Morgan fingerprint density at radius 3 is 3.36 bits per heavy atom. The minimum absolute atomic E-state index is 0.253. The quantitative estimate of drug-likeness (QED) is 0.523. The summed E-state index contributed by atoms with van der Waals surface area (Å²) in [6.07, 6.45) is 5.10. The van der Waals surface area contributed by atoms with E-state index >= 15 is 0 Å². The molecule has 0 unspecified atom stereocenters. The van der Waals surface area contributed by atoms with Gasteiger partial charge in [0.05, 0.1) is 5.70 Å². The fourth-order valence-electron chi connectivity index (χ4n) is 1.45. The molecule has 0 N–H and O–H groups in total. The zero-order valence-electron chi connectivity index (χ0n) is 6.62. The van der Waals surface area contributed by atoms with Gasteiger partial charge in [0.1, 0.15) is 5.54 Å². The molecule has 2 aliphatic rings. The first kappa shape index (κ1) is 6.58. The third kappa shape index (κ3) is 0.737. The van der Waals surface area contributed by atoms with E-state index in [1.54, 1.807) is 0 Å². The average molecular weight is 149 g/mol. The lowest BCUT2D eigenvalue weighted by Gasteiger charge is -2.16. The van der Waals surface area contributed by atoms with Crippen LogP contribution in [0.25, 0.3) is 0 Å². The first-order chi connectivity index (χ1) is 5.26. The largest absolute Gasteiger partial charge is 0.248 e. The van der Waals surface area contributed by atoms with Crippen LogP contribution in [-0.2, 0) is 0 Å². The van der Waals surface area contributed by atoms with Gasteiger partial charge in [-0.25, -0.2) is 5.01 Å². The van der Waals surface area contributed by atoms with E-state index in [0.717, 1.165) is 13.0 Å². The fraction of sp³-hybridized carbons (Fsp3) is 0.500. The summed E-state index contributed by atoms with van der Waals surface area (Å²) in [5.74, 6) is 0. The Labute approximate surface area is 66.1 Å². The van der Waals surface area contributed by atoms with Crippen molar-refractivity contribution in [2.75, 3.05) is 6.54 Å². The van der Waals surface area contributed by atoms with E-state index in [0.29, 0.717) is 0 Å². The van der Waals surface area contributed by atoms with Gasteiger partial charge < -0.3 is 0 Å². The molecule has 0 amide bonds. The Kier molecular flexibility index (Phi) is 1.16. The van der Waals surface area contributed by atoms with Gasteiger partial charge in [0.25, 0.3) is 0 Å². The summed E-state index contributed by atoms with van der Waals surface area (Å²) in [5, 5.41) is 10.1. The highest BCUT2D eigenvalue weighted by Crippen LogP contribution is 2.36. The number of hydrogen-bond acceptors (Lipinski definition) is 3. The van der Waals surface area contributed by atoms with Crippen molar-refractivity contribution in [3.63, 3.8) is 0 Å². The van der Waals surface area contributed by atoms with Gasteiger partial charge in [0, 0.05) is 6.54 Å². The molecule has 0 bridgehead atoms. The SMILES string of the molecule is C=C[C@@]1(C)N=NN2CCC=C21. The molecule has 0 aromatic rings. The van der Waals surface area contributed by atoms with E-state index < -0.39 is 0 Å². The highest BCUT2D eigenvalue weighted by Gasteiger charge is 2.37. The summed E-state index contributed by atoms with van der Waals surface area (Å²) in [4.78, 5) is 0. The average Bonchev–Trinajstić information content (AvgIpc) is 2.55. The van der Waals surface area contributed by atoms with Crippen LogP contribution in [0.1, 0.15) is 13.3 Å². The lowest BCUT2D eigenvalue weighted by Crippen LogP contribution is -2.22. The van der Waals surface area contributed by atoms with Crippen LogP contribution in [0.15, 0.2) is 34.8 Å². The van der Waals surface area contributed by atoms with E-state index in [9.17, 15) is 0 Å². The third-order valence-electron chi connectivity index (χ3n) is 2.23. The van der Waals surface area contributed by atoms with Gasteiger partial charge in [-0.15, -0.1) is 6.58 Å². The van der Waals surface area contributed by atoms with Gasteiger partial charge in [-0.2, -0.15) is 5.11 Å². The zero-order valence-corrected chi connectivity index (χ0v) is 6.62. The molecular weight excluding hydrogens is 138 g/mol. The van der Waals surface area contributed by atoms with Gasteiger partial charge in [-0.3, -0.25) is 0 Å². The molecule has 58 valence electrons. The van der Waals surface area contributed by atoms with E-state index in [1.807, 2.05) is 18.0 Å². The highest BCUT2D eigenvalue weighted by molar-refractivity contribution is 5.29. The number of nitrogens with zero attached hydrogens (tertiary/aromatic N) is 3. The van der Waals surface area contributed by atoms with Gasteiger partial charge >= 0.3 is 0 Å². The van der Waals surface area contributed by atoms with Crippen molar-refractivity contribution < 1.29 is 0 Å². The third-order valence-corrected chi connectivity index (χ3v) is 2.23. The minimum atomic E-state index is -0.253. The minimum Gasteiger partial charge on any atom is -0.248 e. The Morgan fingerprint density at radius 1 is 1.82 bits per heavy atom. The number of rotatable bonds is 1. The van der Waals surface area contributed by atoms with E-state index in [-0.39, 0.29) is 5.54 Å². The van der Waals surface area contributed by atoms with Crippen LogP contribution in [0.2, 0.25) is 0 Å². The molecule has 2 heterocycles. The van der Waals surface area contributed by atoms with Crippen LogP contribution in [-0.4, -0.2) is 17.1 Å². The normalized spacial score (nSPS) is 33.9. The summed E-state index contributed by atoms with van der Waals surface area (Å²) >= 11 is 0. The smallest absolute Gasteiger partial charge is 0.140 e. The summed E-state index contributed by atoms with van der Waals surface area (Å²) in [6, 6.07) is 0. The molecule has 0 saturated heterocycles. The second-order valence-corrected chi connectivity index (χ2v) is 3.04. The predicted octanol–water partition coefficient (Wildman–Crippen LogP) is 1.90. The van der Waals surface area contributed by atoms with Crippen molar-refractivity contribution in [2.24, 2.45) is 10.3 Å². The van der Waals surface area contributed by atoms with Crippen molar-refractivity contribution in [3.05, 3.63) is 24.4 Å². The molecular formula is C8H11N3. The van der Waals surface area contributed by atoms with E-state index in [1.165, 1.54) is 5.70 Å². The molecule has 0 fully saturated rings. The maximum atomic E-state index is 4.14. The molecule has 0 aliphatic carbocycles. The Hall–Kier alpha value is -1.12. The van der Waals surface area contributed by atoms with E-state index in [2.05, 4.69) is 23.0 Å². The number of fused-ring (bicyclic) bond motifs is 1. The maximum Gasteiger partial charge on any atom is 0.140 e. The first-order valence-electron chi connectivity index (χ1n) is 3.81. The topological polar surface area (TPSA) is 28.0 Å². The standard InChI is InChI=1S/C8H11N3/c1-3-8(2)7-5-4-6-11(7)10-9-8/h3,5H,1,4,6H2,2H3/t8-/m1/s1. The lowest BCUT2D eigenvalue weighted by molar-refractivity contribution is 0.400. The van der Waals surface area contributed by atoms with Crippen molar-refractivity contribution in [1.82, 2.24) is 5.01 Å². The molecule has 2 rings (SSSR count). The molecule has 0 spiro atoms. The van der Waals surface area contributed by atoms with Crippen LogP contribution in [0.3, 0.4) is 0 Å². The van der Waals surface area contributed by atoms with Gasteiger partial charge in [-0.05, 0) is 13.3 Å². The van der Waals surface area contributed by atoms with Crippen molar-refractivity contribution in [1.29, 1.82) is 0 Å². The van der Waals surface area contributed by atoms with Crippen molar-refractivity contribution in [3.8, 4) is 0 Å². The van der Waals surface area contributed by atoms with Crippen LogP contribution in [0.4, 0.5) is 0 Å². The Morgan fingerprint density at radius 2 is 2.64 bits per heavy atom.